The SMILES string of the molecule is CSCC(C)(C)C(=O)N1CC(=O)Nc2ccccc2C1. The van der Waals surface area contributed by atoms with E-state index in [9.17, 15) is 9.59 Å². The van der Waals surface area contributed by atoms with Gasteiger partial charge in [0.05, 0.1) is 5.41 Å². The lowest BCUT2D eigenvalue weighted by molar-refractivity contribution is -0.142. The van der Waals surface area contributed by atoms with Crippen LogP contribution in [0.4, 0.5) is 5.69 Å². The van der Waals surface area contributed by atoms with Crippen molar-refractivity contribution in [2.24, 2.45) is 5.41 Å². The van der Waals surface area contributed by atoms with E-state index in [1.54, 1.807) is 16.7 Å². The van der Waals surface area contributed by atoms with E-state index >= 15 is 0 Å². The zero-order chi connectivity index (χ0) is 14.8. The molecule has 5 heteroatoms. The van der Waals surface area contributed by atoms with Gasteiger partial charge in [-0.15, -0.1) is 0 Å². The first kappa shape index (κ1) is 14.9. The minimum Gasteiger partial charge on any atom is -0.328 e. The smallest absolute Gasteiger partial charge is 0.244 e. The van der Waals surface area contributed by atoms with Crippen molar-refractivity contribution in [3.63, 3.8) is 0 Å². The molecule has 1 N–H and O–H groups in total. The summed E-state index contributed by atoms with van der Waals surface area (Å²) in [7, 11) is 0. The Bertz CT molecular complexity index is 528. The number of anilines is 1. The van der Waals surface area contributed by atoms with Crippen molar-refractivity contribution in [2.75, 3.05) is 23.9 Å². The molecule has 0 unspecified atom stereocenters. The second-order valence-corrected chi connectivity index (χ2v) is 6.55. The number of carbonyl (C=O) groups is 2. The van der Waals surface area contributed by atoms with Gasteiger partial charge in [0.25, 0.3) is 0 Å². The van der Waals surface area contributed by atoms with Gasteiger partial charge in [0.1, 0.15) is 6.54 Å². The predicted octanol–water partition coefficient (Wildman–Crippen LogP) is 2.36. The van der Waals surface area contributed by atoms with Gasteiger partial charge in [0.2, 0.25) is 11.8 Å². The van der Waals surface area contributed by atoms with Crippen molar-refractivity contribution in [1.82, 2.24) is 4.90 Å². The number of nitrogens with one attached hydrogen (secondary N) is 1. The molecule has 1 heterocycles. The Balaban J connectivity index is 2.25. The van der Waals surface area contributed by atoms with E-state index in [-0.39, 0.29) is 18.4 Å². The minimum atomic E-state index is -0.459. The fraction of sp³-hybridized carbons (Fsp3) is 0.467. The van der Waals surface area contributed by atoms with E-state index in [0.29, 0.717) is 6.54 Å². The van der Waals surface area contributed by atoms with Crippen molar-refractivity contribution >= 4 is 29.3 Å². The van der Waals surface area contributed by atoms with Gasteiger partial charge in [-0.25, -0.2) is 0 Å². The van der Waals surface area contributed by atoms with E-state index in [4.69, 9.17) is 0 Å². The Morgan fingerprint density at radius 1 is 1.35 bits per heavy atom. The quantitative estimate of drug-likeness (QED) is 0.930. The molecule has 0 aromatic heterocycles. The van der Waals surface area contributed by atoms with Crippen LogP contribution in [-0.2, 0) is 16.1 Å². The minimum absolute atomic E-state index is 0.0266. The number of thioether (sulfide) groups is 1. The molecule has 1 aromatic carbocycles. The van der Waals surface area contributed by atoms with E-state index in [2.05, 4.69) is 5.32 Å². The second kappa shape index (κ2) is 5.87. The number of amides is 2. The summed E-state index contributed by atoms with van der Waals surface area (Å²) >= 11 is 1.64. The van der Waals surface area contributed by atoms with Gasteiger partial charge in [0, 0.05) is 18.0 Å². The molecule has 0 saturated heterocycles. The highest BCUT2D eigenvalue weighted by molar-refractivity contribution is 7.98. The van der Waals surface area contributed by atoms with Gasteiger partial charge >= 0.3 is 0 Å². The standard InChI is InChI=1S/C15H20N2O2S/c1-15(2,10-20-3)14(19)17-8-11-6-4-5-7-12(11)16-13(18)9-17/h4-7H,8-10H2,1-3H3,(H,16,18). The van der Waals surface area contributed by atoms with Crippen molar-refractivity contribution in [3.8, 4) is 0 Å². The van der Waals surface area contributed by atoms with Crippen LogP contribution in [0.5, 0.6) is 0 Å². The van der Waals surface area contributed by atoms with Gasteiger partial charge in [-0.1, -0.05) is 32.0 Å². The first-order valence-corrected chi connectivity index (χ1v) is 7.99. The van der Waals surface area contributed by atoms with Crippen LogP contribution in [-0.4, -0.2) is 35.3 Å². The summed E-state index contributed by atoms with van der Waals surface area (Å²) in [4.78, 5) is 26.2. The molecule has 4 nitrogen and oxygen atoms in total. The number of para-hydroxylation sites is 1. The van der Waals surface area contributed by atoms with E-state index in [1.807, 2.05) is 44.4 Å². The van der Waals surface area contributed by atoms with Crippen LogP contribution in [0, 0.1) is 5.41 Å². The Kier molecular flexibility index (Phi) is 4.38. The number of rotatable bonds is 3. The monoisotopic (exact) mass is 292 g/mol. The first-order chi connectivity index (χ1) is 9.44. The van der Waals surface area contributed by atoms with Crippen LogP contribution in [0.2, 0.25) is 0 Å². The largest absolute Gasteiger partial charge is 0.328 e. The summed E-state index contributed by atoms with van der Waals surface area (Å²) in [6.45, 7) is 4.46. The van der Waals surface area contributed by atoms with Gasteiger partial charge in [-0.2, -0.15) is 11.8 Å². The van der Waals surface area contributed by atoms with E-state index < -0.39 is 5.41 Å². The van der Waals surface area contributed by atoms with Crippen molar-refractivity contribution in [2.45, 2.75) is 20.4 Å². The van der Waals surface area contributed by atoms with Gasteiger partial charge in [-0.3, -0.25) is 9.59 Å². The molecule has 0 radical (unpaired) electrons. The van der Waals surface area contributed by atoms with Crippen LogP contribution in [0.25, 0.3) is 0 Å². The third-order valence-electron chi connectivity index (χ3n) is 3.36. The highest BCUT2D eigenvalue weighted by Crippen LogP contribution is 2.27. The Morgan fingerprint density at radius 2 is 2.05 bits per heavy atom. The summed E-state index contributed by atoms with van der Waals surface area (Å²) in [5.41, 5.74) is 1.32. The molecular formula is C15H20N2O2S. The van der Waals surface area contributed by atoms with Crippen LogP contribution >= 0.6 is 11.8 Å². The molecule has 2 amide bonds. The Labute approximate surface area is 123 Å². The fourth-order valence-electron chi connectivity index (χ4n) is 2.40. The molecular weight excluding hydrogens is 272 g/mol. The van der Waals surface area contributed by atoms with Crippen LogP contribution in [0.1, 0.15) is 19.4 Å². The third-order valence-corrected chi connectivity index (χ3v) is 4.37. The lowest BCUT2D eigenvalue weighted by atomic mass is 9.94. The normalized spacial score (nSPS) is 15.3. The molecule has 0 saturated carbocycles. The molecule has 0 bridgehead atoms. The van der Waals surface area contributed by atoms with E-state index in [0.717, 1.165) is 17.0 Å². The molecule has 1 aliphatic heterocycles. The maximum atomic E-state index is 12.7. The number of nitrogens with zero attached hydrogens (tertiary/aromatic N) is 1. The van der Waals surface area contributed by atoms with Crippen LogP contribution in [0.3, 0.4) is 0 Å². The number of benzene rings is 1. The maximum Gasteiger partial charge on any atom is 0.244 e. The number of hydrogen-bond acceptors (Lipinski definition) is 3. The summed E-state index contributed by atoms with van der Waals surface area (Å²) < 4.78 is 0. The van der Waals surface area contributed by atoms with Crippen molar-refractivity contribution in [3.05, 3.63) is 29.8 Å². The summed E-state index contributed by atoms with van der Waals surface area (Å²) in [5, 5.41) is 2.85. The topological polar surface area (TPSA) is 49.4 Å². The highest BCUT2D eigenvalue weighted by atomic mass is 32.2. The van der Waals surface area contributed by atoms with Gasteiger partial charge in [-0.05, 0) is 17.9 Å². The maximum absolute atomic E-state index is 12.7. The molecule has 0 aliphatic carbocycles. The lowest BCUT2D eigenvalue weighted by Crippen LogP contribution is -2.44. The number of fused-ring (bicyclic) bond motifs is 1. The van der Waals surface area contributed by atoms with Gasteiger partial charge < -0.3 is 10.2 Å². The second-order valence-electron chi connectivity index (χ2n) is 5.68. The molecule has 20 heavy (non-hydrogen) atoms. The lowest BCUT2D eigenvalue weighted by Gasteiger charge is -2.30. The molecule has 0 atom stereocenters. The average Bonchev–Trinajstić information content (AvgIpc) is 2.55. The third kappa shape index (κ3) is 3.15. The number of hydrogen-bond donors (Lipinski definition) is 1. The molecule has 1 aromatic rings. The zero-order valence-electron chi connectivity index (χ0n) is 12.1. The molecule has 108 valence electrons. The number of carbonyl (C=O) groups excluding carboxylic acids is 2. The van der Waals surface area contributed by atoms with Crippen molar-refractivity contribution in [1.29, 1.82) is 0 Å². The Hall–Kier alpha value is -1.49. The molecule has 0 spiro atoms. The van der Waals surface area contributed by atoms with Gasteiger partial charge in [0.15, 0.2) is 0 Å². The zero-order valence-corrected chi connectivity index (χ0v) is 12.9. The molecule has 2 rings (SSSR count). The molecule has 0 fully saturated rings. The van der Waals surface area contributed by atoms with Crippen LogP contribution < -0.4 is 5.32 Å². The van der Waals surface area contributed by atoms with E-state index in [1.165, 1.54) is 0 Å². The highest BCUT2D eigenvalue weighted by Gasteiger charge is 2.33. The fourth-order valence-corrected chi connectivity index (χ4v) is 3.24. The predicted molar refractivity (Wildman–Crippen MR) is 82.7 cm³/mol. The Morgan fingerprint density at radius 3 is 2.75 bits per heavy atom. The summed E-state index contributed by atoms with van der Waals surface area (Å²) in [5.74, 6) is 0.632. The average molecular weight is 292 g/mol. The molecule has 1 aliphatic rings. The van der Waals surface area contributed by atoms with Crippen molar-refractivity contribution < 1.29 is 9.59 Å². The first-order valence-electron chi connectivity index (χ1n) is 6.60. The summed E-state index contributed by atoms with van der Waals surface area (Å²) in [6.07, 6.45) is 1.99. The van der Waals surface area contributed by atoms with Crippen LogP contribution in [0.15, 0.2) is 24.3 Å². The summed E-state index contributed by atoms with van der Waals surface area (Å²) in [6, 6.07) is 7.62.